The van der Waals surface area contributed by atoms with E-state index >= 15 is 0 Å². The summed E-state index contributed by atoms with van der Waals surface area (Å²) in [5.74, 6) is 0.826. The van der Waals surface area contributed by atoms with Gasteiger partial charge in [-0.3, -0.25) is 4.79 Å². The van der Waals surface area contributed by atoms with E-state index in [0.29, 0.717) is 29.6 Å². The molecule has 1 aromatic heterocycles. The summed E-state index contributed by atoms with van der Waals surface area (Å²) in [5, 5.41) is 7.70. The summed E-state index contributed by atoms with van der Waals surface area (Å²) in [6.45, 7) is 2.06. The molecule has 0 saturated heterocycles. The molecule has 0 saturated carbocycles. The van der Waals surface area contributed by atoms with Crippen molar-refractivity contribution in [3.8, 4) is 11.4 Å². The molecule has 1 heterocycles. The van der Waals surface area contributed by atoms with Crippen LogP contribution in [0.5, 0.6) is 0 Å². The highest BCUT2D eigenvalue weighted by Crippen LogP contribution is 2.23. The second-order valence-electron chi connectivity index (χ2n) is 6.38. The maximum absolute atomic E-state index is 12.3. The monoisotopic (exact) mass is 383 g/mol. The first kappa shape index (κ1) is 19.1. The van der Waals surface area contributed by atoms with Crippen LogP contribution < -0.4 is 5.32 Å². The van der Waals surface area contributed by atoms with E-state index in [1.54, 1.807) is 12.1 Å². The van der Waals surface area contributed by atoms with Crippen LogP contribution in [-0.4, -0.2) is 16.0 Å². The molecule has 140 valence electrons. The van der Waals surface area contributed by atoms with Crippen LogP contribution in [0.25, 0.3) is 11.4 Å². The van der Waals surface area contributed by atoms with Crippen molar-refractivity contribution in [3.05, 3.63) is 71.1 Å². The predicted molar refractivity (Wildman–Crippen MR) is 105 cm³/mol. The number of amides is 1. The smallest absolute Gasteiger partial charge is 0.249 e. The van der Waals surface area contributed by atoms with Gasteiger partial charge in [-0.2, -0.15) is 4.98 Å². The van der Waals surface area contributed by atoms with Gasteiger partial charge >= 0.3 is 0 Å². The van der Waals surface area contributed by atoms with Crippen molar-refractivity contribution < 1.29 is 9.32 Å². The highest BCUT2D eigenvalue weighted by molar-refractivity contribution is 6.30. The van der Waals surface area contributed by atoms with Gasteiger partial charge in [0.1, 0.15) is 6.04 Å². The topological polar surface area (TPSA) is 68.0 Å². The fraction of sp³-hybridized carbons (Fsp3) is 0.286. The number of halogens is 1. The van der Waals surface area contributed by atoms with E-state index in [1.807, 2.05) is 42.5 Å². The Morgan fingerprint density at radius 1 is 1.19 bits per heavy atom. The molecule has 0 fully saturated rings. The Bertz CT molecular complexity index is 880. The summed E-state index contributed by atoms with van der Waals surface area (Å²) in [4.78, 5) is 16.8. The van der Waals surface area contributed by atoms with Crippen molar-refractivity contribution in [3.63, 3.8) is 0 Å². The summed E-state index contributed by atoms with van der Waals surface area (Å²) in [6.07, 6.45) is 2.88. The molecule has 0 aliphatic carbocycles. The maximum Gasteiger partial charge on any atom is 0.249 e. The summed E-state index contributed by atoms with van der Waals surface area (Å²) in [7, 11) is 0. The number of benzene rings is 2. The number of unbranched alkanes of at least 4 members (excludes halogenated alkanes) is 1. The quantitative estimate of drug-likeness (QED) is 0.595. The minimum atomic E-state index is -0.378. The Morgan fingerprint density at radius 3 is 2.74 bits per heavy atom. The molecular weight excluding hydrogens is 362 g/mol. The summed E-state index contributed by atoms with van der Waals surface area (Å²) in [5.41, 5.74) is 1.86. The largest absolute Gasteiger partial charge is 0.344 e. The van der Waals surface area contributed by atoms with Crippen LogP contribution in [0, 0.1) is 0 Å². The number of nitrogens with zero attached hydrogens (tertiary/aromatic N) is 2. The third-order valence-electron chi connectivity index (χ3n) is 4.20. The summed E-state index contributed by atoms with van der Waals surface area (Å²) >= 11 is 6.05. The minimum absolute atomic E-state index is 0.0136. The van der Waals surface area contributed by atoms with E-state index in [2.05, 4.69) is 22.4 Å². The molecule has 2 aromatic carbocycles. The van der Waals surface area contributed by atoms with Gasteiger partial charge in [0.15, 0.2) is 0 Å². The van der Waals surface area contributed by atoms with Crippen LogP contribution in [0.4, 0.5) is 0 Å². The Kier molecular flexibility index (Phi) is 6.60. The molecule has 1 atom stereocenters. The Labute approximate surface area is 163 Å². The average molecular weight is 384 g/mol. The molecule has 3 rings (SSSR count). The SMILES string of the molecule is CCCCC(=O)NC(Cc1ccccc1)c1nc(-c2cccc(Cl)c2)no1. The number of nitrogens with one attached hydrogen (secondary N) is 1. The second-order valence-corrected chi connectivity index (χ2v) is 6.82. The molecule has 1 N–H and O–H groups in total. The second kappa shape index (κ2) is 9.33. The first-order chi connectivity index (χ1) is 13.2. The Morgan fingerprint density at radius 2 is 2.00 bits per heavy atom. The molecule has 1 unspecified atom stereocenters. The molecule has 0 aliphatic rings. The lowest BCUT2D eigenvalue weighted by Crippen LogP contribution is -2.30. The molecule has 0 radical (unpaired) electrons. The molecule has 0 aliphatic heterocycles. The van der Waals surface area contributed by atoms with Gasteiger partial charge in [0.2, 0.25) is 17.6 Å². The van der Waals surface area contributed by atoms with Gasteiger partial charge < -0.3 is 9.84 Å². The normalized spacial score (nSPS) is 11.9. The van der Waals surface area contributed by atoms with Crippen LogP contribution in [0.1, 0.15) is 43.7 Å². The number of hydrogen-bond donors (Lipinski definition) is 1. The molecular formula is C21H22ClN3O2. The number of hydrogen-bond acceptors (Lipinski definition) is 4. The Hall–Kier alpha value is -2.66. The van der Waals surface area contributed by atoms with E-state index in [0.717, 1.165) is 24.0 Å². The Balaban J connectivity index is 1.82. The maximum atomic E-state index is 12.3. The van der Waals surface area contributed by atoms with Crippen molar-refractivity contribution in [1.82, 2.24) is 15.5 Å². The summed E-state index contributed by atoms with van der Waals surface area (Å²) < 4.78 is 5.48. The number of aromatic nitrogens is 2. The van der Waals surface area contributed by atoms with Crippen LogP contribution in [-0.2, 0) is 11.2 Å². The van der Waals surface area contributed by atoms with E-state index in [4.69, 9.17) is 16.1 Å². The van der Waals surface area contributed by atoms with E-state index in [9.17, 15) is 4.79 Å². The third-order valence-corrected chi connectivity index (χ3v) is 4.43. The lowest BCUT2D eigenvalue weighted by Gasteiger charge is -2.15. The highest BCUT2D eigenvalue weighted by atomic mass is 35.5. The van der Waals surface area contributed by atoms with Gasteiger partial charge in [-0.25, -0.2) is 0 Å². The zero-order chi connectivity index (χ0) is 19.1. The fourth-order valence-electron chi connectivity index (χ4n) is 2.78. The first-order valence-corrected chi connectivity index (χ1v) is 9.46. The zero-order valence-corrected chi connectivity index (χ0v) is 15.9. The molecule has 3 aromatic rings. The van der Waals surface area contributed by atoms with Crippen molar-refractivity contribution in [2.24, 2.45) is 0 Å². The lowest BCUT2D eigenvalue weighted by atomic mass is 10.1. The van der Waals surface area contributed by atoms with Gasteiger partial charge in [0.05, 0.1) is 0 Å². The zero-order valence-electron chi connectivity index (χ0n) is 15.2. The first-order valence-electron chi connectivity index (χ1n) is 9.08. The standard InChI is InChI=1S/C21H22ClN3O2/c1-2-3-12-19(26)23-18(13-15-8-5-4-6-9-15)21-24-20(25-27-21)16-10-7-11-17(22)14-16/h4-11,14,18H,2-3,12-13H2,1H3,(H,23,26). The highest BCUT2D eigenvalue weighted by Gasteiger charge is 2.22. The van der Waals surface area contributed by atoms with E-state index in [-0.39, 0.29) is 11.9 Å². The van der Waals surface area contributed by atoms with E-state index in [1.165, 1.54) is 0 Å². The van der Waals surface area contributed by atoms with Crippen molar-refractivity contribution in [2.75, 3.05) is 0 Å². The van der Waals surface area contributed by atoms with Gasteiger partial charge in [-0.05, 0) is 24.1 Å². The molecule has 1 amide bonds. The summed E-state index contributed by atoms with van der Waals surface area (Å²) in [6, 6.07) is 16.8. The third kappa shape index (κ3) is 5.41. The van der Waals surface area contributed by atoms with Crippen LogP contribution in [0.2, 0.25) is 5.02 Å². The molecule has 0 bridgehead atoms. The van der Waals surface area contributed by atoms with Gasteiger partial charge in [-0.15, -0.1) is 0 Å². The average Bonchev–Trinajstić information content (AvgIpc) is 3.17. The van der Waals surface area contributed by atoms with Gasteiger partial charge in [0.25, 0.3) is 0 Å². The van der Waals surface area contributed by atoms with Gasteiger partial charge in [0, 0.05) is 23.4 Å². The molecule has 5 nitrogen and oxygen atoms in total. The van der Waals surface area contributed by atoms with Crippen molar-refractivity contribution in [1.29, 1.82) is 0 Å². The van der Waals surface area contributed by atoms with Crippen molar-refractivity contribution in [2.45, 2.75) is 38.6 Å². The number of rotatable bonds is 8. The molecule has 27 heavy (non-hydrogen) atoms. The van der Waals surface area contributed by atoms with Crippen LogP contribution in [0.15, 0.2) is 59.1 Å². The number of carbonyl (C=O) groups is 1. The van der Waals surface area contributed by atoms with E-state index < -0.39 is 0 Å². The predicted octanol–water partition coefficient (Wildman–Crippen LogP) is 4.98. The number of carbonyl (C=O) groups excluding carboxylic acids is 1. The van der Waals surface area contributed by atoms with Crippen molar-refractivity contribution >= 4 is 17.5 Å². The lowest BCUT2D eigenvalue weighted by molar-refractivity contribution is -0.122. The molecule has 6 heteroatoms. The fourth-order valence-corrected chi connectivity index (χ4v) is 2.97. The minimum Gasteiger partial charge on any atom is -0.344 e. The van der Waals surface area contributed by atoms with Crippen LogP contribution in [0.3, 0.4) is 0 Å². The van der Waals surface area contributed by atoms with Gasteiger partial charge in [-0.1, -0.05) is 72.6 Å². The van der Waals surface area contributed by atoms with Crippen LogP contribution >= 0.6 is 11.6 Å². The molecule has 0 spiro atoms.